The Hall–Kier alpha value is -0.470. The minimum Gasteiger partial charge on any atom is -0.255 e. The van der Waals surface area contributed by atoms with Gasteiger partial charge in [-0.05, 0) is 35.1 Å². The Morgan fingerprint density at radius 2 is 2.25 bits per heavy atom. The van der Waals surface area contributed by atoms with Gasteiger partial charge in [-0.2, -0.15) is 0 Å². The maximum atomic E-state index is 3.27. The quantitative estimate of drug-likeness (QED) is 0.665. The van der Waals surface area contributed by atoms with Gasteiger partial charge in [0.25, 0.3) is 0 Å². The van der Waals surface area contributed by atoms with E-state index >= 15 is 0 Å². The molecule has 1 aromatic carbocycles. The van der Waals surface area contributed by atoms with E-state index in [-0.39, 0.29) is 0 Å². The van der Waals surface area contributed by atoms with Crippen molar-refractivity contribution in [3.05, 3.63) is 29.3 Å². The minimum absolute atomic E-state index is 0.640. The Morgan fingerprint density at radius 1 is 1.42 bits per heavy atom. The summed E-state index contributed by atoms with van der Waals surface area (Å²) in [5, 5.41) is 0. The molecule has 2 heteroatoms. The first-order valence-electron chi connectivity index (χ1n) is 4.30. The average Bonchev–Trinajstić information content (AvgIpc) is 2.49. The van der Waals surface area contributed by atoms with Gasteiger partial charge in [0.1, 0.15) is 0 Å². The first kappa shape index (κ1) is 8.14. The molecule has 0 amide bonds. The first-order valence-corrected chi connectivity index (χ1v) is 5.11. The first-order chi connectivity index (χ1) is 5.77. The van der Waals surface area contributed by atoms with Gasteiger partial charge >= 0.3 is 0 Å². The van der Waals surface area contributed by atoms with Crippen LogP contribution in [0.15, 0.2) is 23.1 Å². The standard InChI is InChI=1S/C10H13NS/c1-7(2)8-3-4-10-9(5-8)6-11-12-10/h3-5,7,11H,6H2,1-2H3. The zero-order valence-electron chi connectivity index (χ0n) is 7.42. The molecule has 0 unspecified atom stereocenters. The van der Waals surface area contributed by atoms with Gasteiger partial charge in [0.2, 0.25) is 0 Å². The summed E-state index contributed by atoms with van der Waals surface area (Å²) in [4.78, 5) is 1.39. The fourth-order valence-corrected chi connectivity index (χ4v) is 2.17. The normalized spacial score (nSPS) is 15.2. The van der Waals surface area contributed by atoms with Crippen LogP contribution in [0, 0.1) is 0 Å². The van der Waals surface area contributed by atoms with Gasteiger partial charge in [-0.15, -0.1) is 0 Å². The summed E-state index contributed by atoms with van der Waals surface area (Å²) >= 11 is 1.74. The van der Waals surface area contributed by atoms with Crippen LogP contribution in [0.25, 0.3) is 0 Å². The number of nitrogens with one attached hydrogen (secondary N) is 1. The smallest absolute Gasteiger partial charge is 0.0324 e. The van der Waals surface area contributed by atoms with Gasteiger partial charge in [0.05, 0.1) is 0 Å². The molecule has 64 valence electrons. The number of fused-ring (bicyclic) bond motifs is 1. The molecule has 0 saturated carbocycles. The predicted octanol–water partition coefficient (Wildman–Crippen LogP) is 2.92. The Morgan fingerprint density at radius 3 is 3.00 bits per heavy atom. The third-order valence-corrected chi connectivity index (χ3v) is 3.10. The summed E-state index contributed by atoms with van der Waals surface area (Å²) in [6, 6.07) is 6.76. The molecule has 1 aliphatic heterocycles. The molecule has 0 saturated heterocycles. The van der Waals surface area contributed by atoms with Crippen LogP contribution in [0.4, 0.5) is 0 Å². The Kier molecular flexibility index (Phi) is 2.11. The van der Waals surface area contributed by atoms with Crippen molar-refractivity contribution < 1.29 is 0 Å². The highest BCUT2D eigenvalue weighted by atomic mass is 32.2. The molecule has 0 fully saturated rings. The van der Waals surface area contributed by atoms with Crippen LogP contribution in [0.2, 0.25) is 0 Å². The molecule has 0 aliphatic carbocycles. The van der Waals surface area contributed by atoms with Crippen LogP contribution in [-0.2, 0) is 6.54 Å². The predicted molar refractivity (Wildman–Crippen MR) is 53.2 cm³/mol. The molecule has 1 N–H and O–H groups in total. The molecule has 1 heterocycles. The molecule has 1 nitrogen and oxygen atoms in total. The summed E-state index contributed by atoms with van der Waals surface area (Å²) in [5.74, 6) is 0.640. The molecule has 1 aliphatic rings. The lowest BCUT2D eigenvalue weighted by molar-refractivity contribution is 0.857. The molecule has 0 bridgehead atoms. The van der Waals surface area contributed by atoms with E-state index in [0.29, 0.717) is 5.92 Å². The molecule has 12 heavy (non-hydrogen) atoms. The minimum atomic E-state index is 0.640. The lowest BCUT2D eigenvalue weighted by Crippen LogP contribution is -1.93. The average molecular weight is 179 g/mol. The van der Waals surface area contributed by atoms with Crippen molar-refractivity contribution in [1.82, 2.24) is 4.72 Å². The summed E-state index contributed by atoms with van der Waals surface area (Å²) in [5.41, 5.74) is 2.89. The third-order valence-electron chi connectivity index (χ3n) is 2.20. The van der Waals surface area contributed by atoms with E-state index in [0.717, 1.165) is 6.54 Å². The SMILES string of the molecule is CC(C)c1ccc2c(c1)CNS2. The fourth-order valence-electron chi connectivity index (χ4n) is 1.39. The van der Waals surface area contributed by atoms with Crippen LogP contribution in [0.3, 0.4) is 0 Å². The van der Waals surface area contributed by atoms with Crippen molar-refractivity contribution in [1.29, 1.82) is 0 Å². The van der Waals surface area contributed by atoms with Crippen LogP contribution in [0.1, 0.15) is 30.9 Å². The third kappa shape index (κ3) is 1.37. The summed E-state index contributed by atoms with van der Waals surface area (Å²) < 4.78 is 3.27. The second-order valence-corrected chi connectivity index (χ2v) is 4.38. The van der Waals surface area contributed by atoms with Crippen LogP contribution in [0.5, 0.6) is 0 Å². The lowest BCUT2D eigenvalue weighted by atomic mass is 10.0. The fraction of sp³-hybridized carbons (Fsp3) is 0.400. The Bertz CT molecular complexity index is 294. The second kappa shape index (κ2) is 3.11. The van der Waals surface area contributed by atoms with Crippen LogP contribution < -0.4 is 4.72 Å². The zero-order valence-corrected chi connectivity index (χ0v) is 8.24. The maximum Gasteiger partial charge on any atom is 0.0324 e. The van der Waals surface area contributed by atoms with E-state index < -0.39 is 0 Å². The van der Waals surface area contributed by atoms with Gasteiger partial charge in [-0.3, -0.25) is 4.72 Å². The Labute approximate surface area is 77.7 Å². The largest absolute Gasteiger partial charge is 0.255 e. The van der Waals surface area contributed by atoms with Crippen molar-refractivity contribution in [2.75, 3.05) is 0 Å². The van der Waals surface area contributed by atoms with E-state index in [9.17, 15) is 0 Å². The second-order valence-electron chi connectivity index (χ2n) is 3.45. The molecule has 0 radical (unpaired) electrons. The molecular weight excluding hydrogens is 166 g/mol. The van der Waals surface area contributed by atoms with Gasteiger partial charge < -0.3 is 0 Å². The maximum absolute atomic E-state index is 3.27. The van der Waals surface area contributed by atoms with Gasteiger partial charge in [0, 0.05) is 11.4 Å². The molecule has 1 aromatic rings. The van der Waals surface area contributed by atoms with E-state index in [1.165, 1.54) is 16.0 Å². The van der Waals surface area contributed by atoms with Crippen molar-refractivity contribution in [2.45, 2.75) is 31.2 Å². The number of hydrogen-bond acceptors (Lipinski definition) is 2. The van der Waals surface area contributed by atoms with E-state index in [4.69, 9.17) is 0 Å². The van der Waals surface area contributed by atoms with Gasteiger partial charge in [0.15, 0.2) is 0 Å². The molecule has 0 atom stereocenters. The van der Waals surface area contributed by atoms with E-state index in [1.54, 1.807) is 11.9 Å². The topological polar surface area (TPSA) is 12.0 Å². The molecule has 2 rings (SSSR count). The molecular formula is C10H13NS. The van der Waals surface area contributed by atoms with E-state index in [1.807, 2.05) is 0 Å². The molecule has 0 aromatic heterocycles. The van der Waals surface area contributed by atoms with Gasteiger partial charge in [-0.25, -0.2) is 0 Å². The van der Waals surface area contributed by atoms with Crippen molar-refractivity contribution in [3.63, 3.8) is 0 Å². The van der Waals surface area contributed by atoms with Crippen molar-refractivity contribution in [2.24, 2.45) is 0 Å². The number of rotatable bonds is 1. The zero-order chi connectivity index (χ0) is 8.55. The van der Waals surface area contributed by atoms with Gasteiger partial charge in [-0.1, -0.05) is 26.0 Å². The Balaban J connectivity index is 2.39. The highest BCUT2D eigenvalue weighted by Crippen LogP contribution is 2.29. The lowest BCUT2D eigenvalue weighted by Gasteiger charge is -2.06. The summed E-state index contributed by atoms with van der Waals surface area (Å²) in [6.07, 6.45) is 0. The monoisotopic (exact) mass is 179 g/mol. The summed E-state index contributed by atoms with van der Waals surface area (Å²) in [6.45, 7) is 5.48. The highest BCUT2D eigenvalue weighted by Gasteiger charge is 2.11. The summed E-state index contributed by atoms with van der Waals surface area (Å²) in [7, 11) is 0. The number of hydrogen-bond donors (Lipinski definition) is 1. The van der Waals surface area contributed by atoms with Crippen LogP contribution in [-0.4, -0.2) is 0 Å². The highest BCUT2D eigenvalue weighted by molar-refractivity contribution is 7.97. The van der Waals surface area contributed by atoms with Crippen molar-refractivity contribution in [3.8, 4) is 0 Å². The van der Waals surface area contributed by atoms with Crippen molar-refractivity contribution >= 4 is 11.9 Å². The molecule has 0 spiro atoms. The number of benzene rings is 1. The van der Waals surface area contributed by atoms with Crippen LogP contribution >= 0.6 is 11.9 Å². The van der Waals surface area contributed by atoms with E-state index in [2.05, 4.69) is 36.8 Å².